The van der Waals surface area contributed by atoms with E-state index in [4.69, 9.17) is 4.74 Å². The first kappa shape index (κ1) is 19.1. The lowest BCUT2D eigenvalue weighted by atomic mass is 10.2. The van der Waals surface area contributed by atoms with Gasteiger partial charge in [-0.25, -0.2) is 13.1 Å². The average molecular weight is 362 g/mol. The normalized spacial score (nSPS) is 12.6. The van der Waals surface area contributed by atoms with Crippen molar-refractivity contribution in [3.8, 4) is 0 Å². The van der Waals surface area contributed by atoms with Crippen LogP contribution in [0.15, 0.2) is 53.4 Å². The zero-order chi connectivity index (χ0) is 18.4. The van der Waals surface area contributed by atoms with Gasteiger partial charge in [-0.1, -0.05) is 12.1 Å². The SMILES string of the molecule is COC[C@@H](C)NS(=O)(=O)c1ccc(C(=O)Nc2cccc(C)c2)cc1. The first-order chi connectivity index (χ1) is 11.8. The first-order valence-corrected chi connectivity index (χ1v) is 9.29. The fraction of sp³-hybridized carbons (Fsp3) is 0.278. The van der Waals surface area contributed by atoms with E-state index in [0.29, 0.717) is 11.3 Å². The molecule has 0 unspecified atom stereocenters. The van der Waals surface area contributed by atoms with Crippen molar-refractivity contribution < 1.29 is 17.9 Å². The lowest BCUT2D eigenvalue weighted by Gasteiger charge is -2.13. The van der Waals surface area contributed by atoms with Crippen LogP contribution in [0.5, 0.6) is 0 Å². The summed E-state index contributed by atoms with van der Waals surface area (Å²) in [6.07, 6.45) is 0. The molecule has 0 aliphatic carbocycles. The molecule has 1 atom stereocenters. The van der Waals surface area contributed by atoms with E-state index in [2.05, 4.69) is 10.0 Å². The Kier molecular flexibility index (Phi) is 6.30. The van der Waals surface area contributed by atoms with Crippen LogP contribution in [0.4, 0.5) is 5.69 Å². The first-order valence-electron chi connectivity index (χ1n) is 7.81. The number of sulfonamides is 1. The third-order valence-corrected chi connectivity index (χ3v) is 5.08. The summed E-state index contributed by atoms with van der Waals surface area (Å²) >= 11 is 0. The molecular formula is C18H22N2O4S. The van der Waals surface area contributed by atoms with Crippen molar-refractivity contribution in [1.82, 2.24) is 4.72 Å². The predicted molar refractivity (Wildman–Crippen MR) is 97.2 cm³/mol. The third-order valence-electron chi connectivity index (χ3n) is 3.48. The van der Waals surface area contributed by atoms with Crippen molar-refractivity contribution >= 4 is 21.6 Å². The van der Waals surface area contributed by atoms with Crippen molar-refractivity contribution in [2.75, 3.05) is 19.0 Å². The van der Waals surface area contributed by atoms with Gasteiger partial charge in [-0.15, -0.1) is 0 Å². The number of amides is 1. The Labute approximate surface area is 148 Å². The number of hydrogen-bond acceptors (Lipinski definition) is 4. The zero-order valence-corrected chi connectivity index (χ0v) is 15.3. The standard InChI is InChI=1S/C18H22N2O4S/c1-13-5-4-6-16(11-13)19-18(21)15-7-9-17(10-8-15)25(22,23)20-14(2)12-24-3/h4-11,14,20H,12H2,1-3H3,(H,19,21)/t14-/m1/s1. The van der Waals surface area contributed by atoms with Crippen molar-refractivity contribution in [3.63, 3.8) is 0 Å². The minimum Gasteiger partial charge on any atom is -0.383 e. The van der Waals surface area contributed by atoms with E-state index in [-0.39, 0.29) is 23.5 Å². The largest absolute Gasteiger partial charge is 0.383 e. The van der Waals surface area contributed by atoms with E-state index in [1.165, 1.54) is 31.4 Å². The summed E-state index contributed by atoms with van der Waals surface area (Å²) in [5.74, 6) is -0.296. The highest BCUT2D eigenvalue weighted by Crippen LogP contribution is 2.14. The summed E-state index contributed by atoms with van der Waals surface area (Å²) in [4.78, 5) is 12.4. The number of carbonyl (C=O) groups is 1. The molecule has 0 saturated carbocycles. The number of carbonyl (C=O) groups excluding carboxylic acids is 1. The molecule has 0 aliphatic rings. The molecule has 7 heteroatoms. The molecule has 0 spiro atoms. The molecule has 6 nitrogen and oxygen atoms in total. The molecule has 0 bridgehead atoms. The molecule has 2 aromatic rings. The molecule has 134 valence electrons. The Hall–Kier alpha value is -2.22. The minimum absolute atomic E-state index is 0.0996. The maximum atomic E-state index is 12.3. The second-order valence-electron chi connectivity index (χ2n) is 5.83. The predicted octanol–water partition coefficient (Wildman–Crippen LogP) is 2.56. The lowest BCUT2D eigenvalue weighted by Crippen LogP contribution is -2.35. The number of rotatable bonds is 7. The summed E-state index contributed by atoms with van der Waals surface area (Å²) < 4.78 is 32.0. The Bertz CT molecular complexity index is 832. The van der Waals surface area contributed by atoms with E-state index >= 15 is 0 Å². The monoisotopic (exact) mass is 362 g/mol. The van der Waals surface area contributed by atoms with Crippen LogP contribution in [0, 0.1) is 6.92 Å². The molecule has 0 fully saturated rings. The van der Waals surface area contributed by atoms with E-state index < -0.39 is 10.0 Å². The maximum absolute atomic E-state index is 12.3. The lowest BCUT2D eigenvalue weighted by molar-refractivity contribution is 0.102. The van der Waals surface area contributed by atoms with Crippen LogP contribution in [0.1, 0.15) is 22.8 Å². The Morgan fingerprint density at radius 1 is 1.16 bits per heavy atom. The molecule has 0 saturated heterocycles. The van der Waals surface area contributed by atoms with Gasteiger partial charge in [-0.2, -0.15) is 0 Å². The van der Waals surface area contributed by atoms with Crippen LogP contribution >= 0.6 is 0 Å². The van der Waals surface area contributed by atoms with Gasteiger partial charge in [0.25, 0.3) is 5.91 Å². The number of nitrogens with one attached hydrogen (secondary N) is 2. The fourth-order valence-electron chi connectivity index (χ4n) is 2.33. The van der Waals surface area contributed by atoms with Crippen molar-refractivity contribution in [2.45, 2.75) is 24.8 Å². The molecule has 0 aliphatic heterocycles. The van der Waals surface area contributed by atoms with Gasteiger partial charge in [-0.3, -0.25) is 4.79 Å². The summed E-state index contributed by atoms with van der Waals surface area (Å²) in [5.41, 5.74) is 2.11. The number of benzene rings is 2. The second kappa shape index (κ2) is 8.24. The maximum Gasteiger partial charge on any atom is 0.255 e. The van der Waals surface area contributed by atoms with Crippen LogP contribution in [-0.2, 0) is 14.8 Å². The van der Waals surface area contributed by atoms with E-state index in [1.807, 2.05) is 25.1 Å². The van der Waals surface area contributed by atoms with Gasteiger partial charge in [0.05, 0.1) is 11.5 Å². The summed E-state index contributed by atoms with van der Waals surface area (Å²) in [6, 6.07) is 12.9. The smallest absolute Gasteiger partial charge is 0.255 e. The third kappa shape index (κ3) is 5.38. The molecular weight excluding hydrogens is 340 g/mol. The Morgan fingerprint density at radius 2 is 1.84 bits per heavy atom. The van der Waals surface area contributed by atoms with Crippen molar-refractivity contribution in [3.05, 3.63) is 59.7 Å². The van der Waals surface area contributed by atoms with E-state index in [0.717, 1.165) is 5.56 Å². The summed E-state index contributed by atoms with van der Waals surface area (Å²) in [6.45, 7) is 3.92. The van der Waals surface area contributed by atoms with Crippen LogP contribution in [-0.4, -0.2) is 34.1 Å². The molecule has 2 N–H and O–H groups in total. The Morgan fingerprint density at radius 3 is 2.44 bits per heavy atom. The molecule has 2 rings (SSSR count). The van der Waals surface area contributed by atoms with Crippen LogP contribution in [0.2, 0.25) is 0 Å². The number of ether oxygens (including phenoxy) is 1. The van der Waals surface area contributed by atoms with Crippen LogP contribution in [0.25, 0.3) is 0 Å². The highest BCUT2D eigenvalue weighted by Gasteiger charge is 2.18. The summed E-state index contributed by atoms with van der Waals surface area (Å²) in [7, 11) is -2.14. The van der Waals surface area contributed by atoms with Gasteiger partial charge in [0.2, 0.25) is 10.0 Å². The molecule has 2 aromatic carbocycles. The van der Waals surface area contributed by atoms with Crippen LogP contribution in [0.3, 0.4) is 0 Å². The van der Waals surface area contributed by atoms with Crippen molar-refractivity contribution in [1.29, 1.82) is 0 Å². The number of hydrogen-bond donors (Lipinski definition) is 2. The summed E-state index contributed by atoms with van der Waals surface area (Å²) in [5, 5.41) is 2.79. The van der Waals surface area contributed by atoms with E-state index in [1.54, 1.807) is 13.0 Å². The van der Waals surface area contributed by atoms with Gasteiger partial charge < -0.3 is 10.1 Å². The molecule has 25 heavy (non-hydrogen) atoms. The Balaban J connectivity index is 2.09. The fourth-order valence-corrected chi connectivity index (χ4v) is 3.56. The molecule has 1 amide bonds. The quantitative estimate of drug-likeness (QED) is 0.793. The topological polar surface area (TPSA) is 84.5 Å². The van der Waals surface area contributed by atoms with Gasteiger partial charge >= 0.3 is 0 Å². The molecule has 0 heterocycles. The van der Waals surface area contributed by atoms with E-state index in [9.17, 15) is 13.2 Å². The second-order valence-corrected chi connectivity index (χ2v) is 7.54. The molecule has 0 radical (unpaired) electrons. The van der Waals surface area contributed by atoms with Crippen LogP contribution < -0.4 is 10.0 Å². The van der Waals surface area contributed by atoms with Gasteiger partial charge in [0, 0.05) is 24.4 Å². The molecule has 0 aromatic heterocycles. The average Bonchev–Trinajstić information content (AvgIpc) is 2.54. The van der Waals surface area contributed by atoms with Crippen molar-refractivity contribution in [2.24, 2.45) is 0 Å². The highest BCUT2D eigenvalue weighted by atomic mass is 32.2. The van der Waals surface area contributed by atoms with Gasteiger partial charge in [-0.05, 0) is 55.8 Å². The number of aryl methyl sites for hydroxylation is 1. The zero-order valence-electron chi connectivity index (χ0n) is 14.4. The minimum atomic E-state index is -3.65. The number of anilines is 1. The highest BCUT2D eigenvalue weighted by molar-refractivity contribution is 7.89. The van der Waals surface area contributed by atoms with Gasteiger partial charge in [0.1, 0.15) is 0 Å². The van der Waals surface area contributed by atoms with Gasteiger partial charge in [0.15, 0.2) is 0 Å². The number of methoxy groups -OCH3 is 1.